The lowest BCUT2D eigenvalue weighted by atomic mass is 10.3. The molecule has 0 saturated heterocycles. The molecule has 0 spiro atoms. The quantitative estimate of drug-likeness (QED) is 0.447. The Morgan fingerprint density at radius 3 is 2.36 bits per heavy atom. The topological polar surface area (TPSA) is 26.3 Å². The lowest BCUT2D eigenvalue weighted by molar-refractivity contribution is -0.143. The van der Waals surface area contributed by atoms with Crippen LogP contribution in [0.15, 0.2) is 0 Å². The van der Waals surface area contributed by atoms with Gasteiger partial charge in [0.05, 0.1) is 6.61 Å². The fourth-order valence-corrected chi connectivity index (χ4v) is 0.826. The molecular weight excluding hydrogens is 255 g/mol. The van der Waals surface area contributed by atoms with Gasteiger partial charge in [0.2, 0.25) is 0 Å². The molecule has 0 aromatic carbocycles. The van der Waals surface area contributed by atoms with Gasteiger partial charge in [-0.1, -0.05) is 36.4 Å². The molecule has 0 aliphatic carbocycles. The minimum Gasteiger partial charge on any atom is -0.466 e. The van der Waals surface area contributed by atoms with E-state index >= 15 is 0 Å². The summed E-state index contributed by atoms with van der Waals surface area (Å²) in [7, 11) is 0. The first-order valence-electron chi connectivity index (χ1n) is 4.02. The number of rotatable bonds is 4. The average Bonchev–Trinajstić information content (AvgIpc) is 2.05. The Bertz CT molecular complexity index is 84.2. The summed E-state index contributed by atoms with van der Waals surface area (Å²) in [6.07, 6.45) is 1.50. The van der Waals surface area contributed by atoms with Crippen LogP contribution in [-0.4, -0.2) is 17.0 Å². The molecule has 3 heteroatoms. The summed E-state index contributed by atoms with van der Waals surface area (Å²) < 4.78 is 5.73. The van der Waals surface area contributed by atoms with Gasteiger partial charge in [-0.25, -0.2) is 0 Å². The van der Waals surface area contributed by atoms with Crippen molar-refractivity contribution in [3.63, 3.8) is 0 Å². The highest BCUT2D eigenvalue weighted by Crippen LogP contribution is 1.95. The number of esters is 1. The van der Waals surface area contributed by atoms with E-state index in [1.54, 1.807) is 0 Å². The zero-order valence-electron chi connectivity index (χ0n) is 7.52. The number of carbonyl (C=O) groups excluding carboxylic acids is 1. The first kappa shape index (κ1) is 13.8. The summed E-state index contributed by atoms with van der Waals surface area (Å²) >= 11 is 2.24. The summed E-state index contributed by atoms with van der Waals surface area (Å²) in [4.78, 5) is 10.6. The van der Waals surface area contributed by atoms with Gasteiger partial charge in [0.15, 0.2) is 0 Å². The van der Waals surface area contributed by atoms with E-state index in [2.05, 4.69) is 22.6 Å². The molecule has 0 heterocycles. The van der Waals surface area contributed by atoms with Crippen LogP contribution in [-0.2, 0) is 9.53 Å². The number of hydrogen-bond acceptors (Lipinski definition) is 2. The van der Waals surface area contributed by atoms with Gasteiger partial charge in [-0.2, -0.15) is 0 Å². The van der Waals surface area contributed by atoms with Crippen molar-refractivity contribution in [1.29, 1.82) is 0 Å². The molecule has 0 aliphatic heterocycles. The molecule has 0 bridgehead atoms. The second-order valence-corrected chi connectivity index (χ2v) is 2.68. The molecule has 2 nitrogen and oxygen atoms in total. The summed E-state index contributed by atoms with van der Waals surface area (Å²) in [6.45, 7) is 6.32. The summed E-state index contributed by atoms with van der Waals surface area (Å²) in [5.41, 5.74) is 0. The third kappa shape index (κ3) is 13.2. The van der Waals surface area contributed by atoms with Crippen LogP contribution in [0.2, 0.25) is 0 Å². The second-order valence-electron chi connectivity index (χ2n) is 1.60. The van der Waals surface area contributed by atoms with Crippen LogP contribution < -0.4 is 0 Å². The molecule has 11 heavy (non-hydrogen) atoms. The van der Waals surface area contributed by atoms with Crippen LogP contribution in [0.1, 0.15) is 33.6 Å². The predicted octanol–water partition coefficient (Wildman–Crippen LogP) is 2.79. The van der Waals surface area contributed by atoms with Gasteiger partial charge >= 0.3 is 5.97 Å². The Morgan fingerprint density at radius 2 is 2.00 bits per heavy atom. The molecule has 0 aromatic rings. The molecule has 0 N–H and O–H groups in total. The standard InChI is InChI=1S/C6H11IO2.C2H6/c1-2-9-6(8)4-3-5-7;1-2/h2-5H2,1H3;1-2H3. The fraction of sp³-hybridized carbons (Fsp3) is 0.875. The number of halogens is 1. The maximum absolute atomic E-state index is 10.6. The molecule has 0 amide bonds. The van der Waals surface area contributed by atoms with Crippen LogP contribution in [0.25, 0.3) is 0 Å². The highest BCUT2D eigenvalue weighted by molar-refractivity contribution is 14.1. The van der Waals surface area contributed by atoms with Gasteiger partial charge < -0.3 is 4.74 Å². The van der Waals surface area contributed by atoms with Crippen molar-refractivity contribution in [3.05, 3.63) is 0 Å². The first-order valence-corrected chi connectivity index (χ1v) is 5.55. The Kier molecular flexibility index (Phi) is 16.1. The fourth-order valence-electron chi connectivity index (χ4n) is 0.444. The first-order chi connectivity index (χ1) is 5.31. The Balaban J connectivity index is 0. The Labute approximate surface area is 82.8 Å². The number of alkyl halides is 1. The van der Waals surface area contributed by atoms with Crippen LogP contribution >= 0.6 is 22.6 Å². The average molecular weight is 272 g/mol. The van der Waals surface area contributed by atoms with Crippen LogP contribution in [0.5, 0.6) is 0 Å². The van der Waals surface area contributed by atoms with E-state index in [4.69, 9.17) is 4.74 Å². The third-order valence-electron chi connectivity index (χ3n) is 0.820. The zero-order chi connectivity index (χ0) is 9.11. The maximum atomic E-state index is 10.6. The number of ether oxygens (including phenoxy) is 1. The predicted molar refractivity (Wildman–Crippen MR) is 56.1 cm³/mol. The van der Waals surface area contributed by atoms with E-state index in [1.807, 2.05) is 20.8 Å². The minimum atomic E-state index is -0.0748. The van der Waals surface area contributed by atoms with E-state index in [9.17, 15) is 4.79 Å². The molecule has 0 atom stereocenters. The summed E-state index contributed by atoms with van der Waals surface area (Å²) in [6, 6.07) is 0. The van der Waals surface area contributed by atoms with Crippen molar-refractivity contribution in [2.45, 2.75) is 33.6 Å². The monoisotopic (exact) mass is 272 g/mol. The highest BCUT2D eigenvalue weighted by Gasteiger charge is 1.97. The lowest BCUT2D eigenvalue weighted by Gasteiger charge is -1.97. The normalized spacial score (nSPS) is 8.00. The maximum Gasteiger partial charge on any atom is 0.305 e. The van der Waals surface area contributed by atoms with Crippen LogP contribution in [0, 0.1) is 0 Å². The molecule has 0 fully saturated rings. The van der Waals surface area contributed by atoms with Gasteiger partial charge in [0.1, 0.15) is 0 Å². The van der Waals surface area contributed by atoms with Gasteiger partial charge in [0.25, 0.3) is 0 Å². The van der Waals surface area contributed by atoms with Crippen molar-refractivity contribution < 1.29 is 9.53 Å². The number of carbonyl (C=O) groups is 1. The largest absolute Gasteiger partial charge is 0.466 e. The van der Waals surface area contributed by atoms with E-state index in [0.717, 1.165) is 10.8 Å². The number of hydrogen-bond donors (Lipinski definition) is 0. The van der Waals surface area contributed by atoms with Gasteiger partial charge in [-0.05, 0) is 13.3 Å². The van der Waals surface area contributed by atoms with Gasteiger partial charge in [0, 0.05) is 10.8 Å². The molecule has 0 rings (SSSR count). The van der Waals surface area contributed by atoms with E-state index in [-0.39, 0.29) is 5.97 Å². The molecule has 0 unspecified atom stereocenters. The minimum absolute atomic E-state index is 0.0748. The van der Waals surface area contributed by atoms with Crippen LogP contribution in [0.3, 0.4) is 0 Å². The zero-order valence-corrected chi connectivity index (χ0v) is 9.68. The van der Waals surface area contributed by atoms with Gasteiger partial charge in [-0.15, -0.1) is 0 Å². The highest BCUT2D eigenvalue weighted by atomic mass is 127. The SMILES string of the molecule is CC.CCOC(=O)CCCI. The third-order valence-corrected chi connectivity index (χ3v) is 1.58. The summed E-state index contributed by atoms with van der Waals surface area (Å²) in [5, 5.41) is 0. The van der Waals surface area contributed by atoms with Crippen molar-refractivity contribution in [2.24, 2.45) is 0 Å². The Morgan fingerprint density at radius 1 is 1.45 bits per heavy atom. The molecule has 0 radical (unpaired) electrons. The molecule has 0 aliphatic rings. The Hall–Kier alpha value is 0.200. The van der Waals surface area contributed by atoms with Crippen molar-refractivity contribution >= 4 is 28.6 Å². The molecule has 0 saturated carbocycles. The lowest BCUT2D eigenvalue weighted by Crippen LogP contribution is -2.03. The summed E-state index contributed by atoms with van der Waals surface area (Å²) in [5.74, 6) is -0.0748. The second kappa shape index (κ2) is 12.8. The van der Waals surface area contributed by atoms with Crippen molar-refractivity contribution in [1.82, 2.24) is 0 Å². The van der Waals surface area contributed by atoms with Crippen molar-refractivity contribution in [3.8, 4) is 0 Å². The van der Waals surface area contributed by atoms with E-state index in [1.165, 1.54) is 0 Å². The molecular formula is C8H17IO2. The van der Waals surface area contributed by atoms with Crippen LogP contribution in [0.4, 0.5) is 0 Å². The van der Waals surface area contributed by atoms with E-state index in [0.29, 0.717) is 13.0 Å². The smallest absolute Gasteiger partial charge is 0.305 e. The molecule has 68 valence electrons. The molecule has 0 aromatic heterocycles. The van der Waals surface area contributed by atoms with E-state index < -0.39 is 0 Å². The van der Waals surface area contributed by atoms with Crippen molar-refractivity contribution in [2.75, 3.05) is 11.0 Å². The van der Waals surface area contributed by atoms with Gasteiger partial charge in [-0.3, -0.25) is 4.79 Å².